The van der Waals surface area contributed by atoms with Crippen molar-refractivity contribution in [3.05, 3.63) is 87.7 Å². The van der Waals surface area contributed by atoms with Crippen LogP contribution < -0.4 is 10.6 Å². The number of allylic oxidation sites excluding steroid dienone is 1. The summed E-state index contributed by atoms with van der Waals surface area (Å²) in [6, 6.07) is 15.0. The predicted molar refractivity (Wildman–Crippen MR) is 131 cm³/mol. The smallest absolute Gasteiger partial charge is 0.338 e. The summed E-state index contributed by atoms with van der Waals surface area (Å²) >= 11 is 5.38. The molecule has 0 radical (unpaired) electrons. The van der Waals surface area contributed by atoms with Crippen LogP contribution in [0.4, 0.5) is 5.69 Å². The van der Waals surface area contributed by atoms with Crippen molar-refractivity contribution >= 4 is 29.0 Å². The lowest BCUT2D eigenvalue weighted by Gasteiger charge is -2.30. The van der Waals surface area contributed by atoms with Crippen LogP contribution in [0.15, 0.2) is 72.1 Å². The second-order valence-electron chi connectivity index (χ2n) is 8.04. The van der Waals surface area contributed by atoms with Gasteiger partial charge in [0, 0.05) is 35.2 Å². The van der Waals surface area contributed by atoms with Gasteiger partial charge in [-0.25, -0.2) is 9.48 Å². The maximum absolute atomic E-state index is 13.0. The highest BCUT2D eigenvalue weighted by molar-refractivity contribution is 7.80. The molecule has 3 aromatic rings. The van der Waals surface area contributed by atoms with E-state index in [0.717, 1.165) is 5.69 Å². The van der Waals surface area contributed by atoms with Gasteiger partial charge in [-0.05, 0) is 57.3 Å². The number of thiocarbonyl (C=S) groups is 1. The number of esters is 1. The zero-order chi connectivity index (χ0) is 24.4. The van der Waals surface area contributed by atoms with Crippen molar-refractivity contribution in [3.8, 4) is 16.9 Å². The van der Waals surface area contributed by atoms with E-state index in [1.807, 2.05) is 36.5 Å². The quantitative estimate of drug-likeness (QED) is 0.235. The van der Waals surface area contributed by atoms with E-state index in [4.69, 9.17) is 22.1 Å². The summed E-state index contributed by atoms with van der Waals surface area (Å²) in [5.74, 6) is -0.470. The molecule has 0 amide bonds. The lowest BCUT2D eigenvalue weighted by atomic mass is 9.94. The summed E-state index contributed by atoms with van der Waals surface area (Å²) in [6.07, 6.45) is 1.52. The highest BCUT2D eigenvalue weighted by Crippen LogP contribution is 2.35. The van der Waals surface area contributed by atoms with Crippen LogP contribution >= 0.6 is 12.2 Å². The molecule has 0 saturated heterocycles. The van der Waals surface area contributed by atoms with E-state index in [9.17, 15) is 14.9 Å². The van der Waals surface area contributed by atoms with E-state index < -0.39 is 16.9 Å². The van der Waals surface area contributed by atoms with Crippen molar-refractivity contribution in [1.29, 1.82) is 0 Å². The Kier molecular flexibility index (Phi) is 6.42. The molecular formula is C24H23N5O4S. The van der Waals surface area contributed by atoms with E-state index in [1.165, 1.54) is 12.1 Å². The number of hydrogen-bond donors (Lipinski definition) is 2. The van der Waals surface area contributed by atoms with E-state index in [2.05, 4.69) is 10.6 Å². The van der Waals surface area contributed by atoms with Gasteiger partial charge in [-0.15, -0.1) is 0 Å². The molecule has 0 aliphatic carbocycles. The number of nitro benzene ring substituents is 1. The Morgan fingerprint density at radius 1 is 1.18 bits per heavy atom. The van der Waals surface area contributed by atoms with Gasteiger partial charge in [0.15, 0.2) is 5.11 Å². The number of nitrogens with one attached hydrogen (secondary N) is 2. The van der Waals surface area contributed by atoms with Gasteiger partial charge in [-0.2, -0.15) is 5.10 Å². The summed E-state index contributed by atoms with van der Waals surface area (Å²) in [5.41, 5.74) is 3.67. The van der Waals surface area contributed by atoms with Crippen molar-refractivity contribution in [2.75, 3.05) is 0 Å². The number of carbonyl (C=O) groups is 1. The molecule has 2 aromatic carbocycles. The van der Waals surface area contributed by atoms with Crippen LogP contribution in [0.5, 0.6) is 0 Å². The number of benzene rings is 2. The average Bonchev–Trinajstić information content (AvgIpc) is 3.24. The number of hydrogen-bond acceptors (Lipinski definition) is 6. The van der Waals surface area contributed by atoms with Gasteiger partial charge in [0.1, 0.15) is 0 Å². The van der Waals surface area contributed by atoms with Crippen LogP contribution in [-0.2, 0) is 9.53 Å². The monoisotopic (exact) mass is 477 g/mol. The largest absolute Gasteiger partial charge is 0.459 e. The fourth-order valence-electron chi connectivity index (χ4n) is 3.75. The molecule has 34 heavy (non-hydrogen) atoms. The van der Waals surface area contributed by atoms with E-state index in [0.29, 0.717) is 33.2 Å². The minimum atomic E-state index is -0.636. The number of nitro groups is 1. The molecule has 0 bridgehead atoms. The summed E-state index contributed by atoms with van der Waals surface area (Å²) in [7, 11) is 0. The first kappa shape index (κ1) is 23.1. The molecule has 2 N–H and O–H groups in total. The molecule has 1 atom stereocenters. The van der Waals surface area contributed by atoms with Crippen LogP contribution in [0.1, 0.15) is 32.4 Å². The van der Waals surface area contributed by atoms with Crippen molar-refractivity contribution < 1.29 is 14.5 Å². The molecule has 0 fully saturated rings. The first-order chi connectivity index (χ1) is 16.2. The Morgan fingerprint density at radius 3 is 2.47 bits per heavy atom. The SMILES string of the molecule is CC1=C(C(=O)OC(C)C)C(c2cn(-c3ccccc3)nc2-c2ccc([N+](=O)[O-])cc2)NC(=S)N1. The number of carbonyl (C=O) groups excluding carboxylic acids is 1. The van der Waals surface area contributed by atoms with E-state index >= 15 is 0 Å². The molecule has 9 nitrogen and oxygen atoms in total. The van der Waals surface area contributed by atoms with Gasteiger partial charge in [-0.3, -0.25) is 10.1 Å². The number of ether oxygens (including phenoxy) is 1. The third kappa shape index (κ3) is 4.67. The molecule has 0 saturated carbocycles. The predicted octanol–water partition coefficient (Wildman–Crippen LogP) is 4.19. The van der Waals surface area contributed by atoms with Crippen LogP contribution in [0.2, 0.25) is 0 Å². The fourth-order valence-corrected chi connectivity index (χ4v) is 4.02. The average molecular weight is 478 g/mol. The number of nitrogens with zero attached hydrogens (tertiary/aromatic N) is 3. The van der Waals surface area contributed by atoms with Crippen molar-refractivity contribution in [3.63, 3.8) is 0 Å². The Labute approximate surface area is 201 Å². The molecule has 1 aliphatic heterocycles. The van der Waals surface area contributed by atoms with E-state index in [1.54, 1.807) is 37.6 Å². The molecule has 174 valence electrons. The zero-order valence-corrected chi connectivity index (χ0v) is 19.6. The molecule has 1 aliphatic rings. The number of non-ortho nitro benzene ring substituents is 1. The summed E-state index contributed by atoms with van der Waals surface area (Å²) in [5, 5.41) is 22.4. The molecule has 0 spiro atoms. The summed E-state index contributed by atoms with van der Waals surface area (Å²) < 4.78 is 7.21. The second kappa shape index (κ2) is 9.44. The van der Waals surface area contributed by atoms with Gasteiger partial charge in [0.05, 0.1) is 34.0 Å². The maximum Gasteiger partial charge on any atom is 0.338 e. The van der Waals surface area contributed by atoms with Gasteiger partial charge in [-0.1, -0.05) is 18.2 Å². The van der Waals surface area contributed by atoms with Gasteiger partial charge in [0.2, 0.25) is 0 Å². The number of aromatic nitrogens is 2. The standard InChI is InChI=1S/C24H23N5O4S/c1-14(2)33-23(30)20-15(3)25-24(34)26-22(20)19-13-28(17-7-5-4-6-8-17)27-21(19)16-9-11-18(12-10-16)29(31)32/h4-14,22H,1-3H3,(H2,25,26,34). The van der Waals surface area contributed by atoms with E-state index in [-0.39, 0.29) is 11.8 Å². The number of rotatable bonds is 6. The third-order valence-electron chi connectivity index (χ3n) is 5.26. The lowest BCUT2D eigenvalue weighted by molar-refractivity contribution is -0.384. The third-order valence-corrected chi connectivity index (χ3v) is 5.48. The Bertz CT molecular complexity index is 1280. The minimum absolute atomic E-state index is 0.0223. The molecule has 2 heterocycles. The van der Waals surface area contributed by atoms with Crippen molar-refractivity contribution in [1.82, 2.24) is 20.4 Å². The molecule has 1 unspecified atom stereocenters. The zero-order valence-electron chi connectivity index (χ0n) is 18.8. The van der Waals surface area contributed by atoms with Crippen LogP contribution in [-0.4, -0.2) is 31.9 Å². The lowest BCUT2D eigenvalue weighted by Crippen LogP contribution is -2.45. The molecule has 10 heteroatoms. The van der Waals surface area contributed by atoms with Gasteiger partial charge in [0.25, 0.3) is 5.69 Å². The number of para-hydroxylation sites is 1. The summed E-state index contributed by atoms with van der Waals surface area (Å²) in [6.45, 7) is 5.34. The van der Waals surface area contributed by atoms with Crippen LogP contribution in [0.25, 0.3) is 16.9 Å². The molecule has 4 rings (SSSR count). The first-order valence-corrected chi connectivity index (χ1v) is 11.0. The van der Waals surface area contributed by atoms with Crippen molar-refractivity contribution in [2.45, 2.75) is 32.9 Å². The van der Waals surface area contributed by atoms with Crippen LogP contribution in [0.3, 0.4) is 0 Å². The fraction of sp³-hybridized carbons (Fsp3) is 0.208. The Morgan fingerprint density at radius 2 is 1.85 bits per heavy atom. The van der Waals surface area contributed by atoms with Crippen LogP contribution in [0, 0.1) is 10.1 Å². The second-order valence-corrected chi connectivity index (χ2v) is 8.45. The minimum Gasteiger partial charge on any atom is -0.459 e. The molecule has 1 aromatic heterocycles. The topological polar surface area (TPSA) is 111 Å². The summed E-state index contributed by atoms with van der Waals surface area (Å²) in [4.78, 5) is 23.7. The maximum atomic E-state index is 13.0. The normalized spacial score (nSPS) is 15.6. The molecular weight excluding hydrogens is 454 g/mol. The Hall–Kier alpha value is -4.05. The Balaban J connectivity index is 1.88. The van der Waals surface area contributed by atoms with Crippen molar-refractivity contribution in [2.24, 2.45) is 0 Å². The van der Waals surface area contributed by atoms with Gasteiger partial charge >= 0.3 is 5.97 Å². The van der Waals surface area contributed by atoms with Gasteiger partial charge < -0.3 is 15.4 Å². The highest BCUT2D eigenvalue weighted by Gasteiger charge is 2.34. The first-order valence-electron chi connectivity index (χ1n) is 10.6. The highest BCUT2D eigenvalue weighted by atomic mass is 32.1.